The van der Waals surface area contributed by atoms with Crippen molar-refractivity contribution in [2.24, 2.45) is 0 Å². The molecule has 0 saturated heterocycles. The number of rotatable bonds is 12. The van der Waals surface area contributed by atoms with Gasteiger partial charge in [0.1, 0.15) is 17.7 Å². The molecule has 0 radical (unpaired) electrons. The number of esters is 1. The molecular formula is C20H30F2O2. The number of hydrogen-bond donors (Lipinski definition) is 0. The summed E-state index contributed by atoms with van der Waals surface area (Å²) < 4.78 is 32.4. The summed E-state index contributed by atoms with van der Waals surface area (Å²) in [6, 6.07) is 2.86. The molecule has 0 spiro atoms. The third kappa shape index (κ3) is 7.89. The van der Waals surface area contributed by atoms with Crippen LogP contribution in [0, 0.1) is 11.6 Å². The van der Waals surface area contributed by atoms with Crippen LogP contribution >= 0.6 is 0 Å². The van der Waals surface area contributed by atoms with Gasteiger partial charge in [-0.1, -0.05) is 58.8 Å². The highest BCUT2D eigenvalue weighted by Crippen LogP contribution is 2.18. The maximum Gasteiger partial charge on any atom is 0.341 e. The largest absolute Gasteiger partial charge is 0.459 e. The quantitative estimate of drug-likeness (QED) is 0.324. The molecule has 0 saturated carbocycles. The van der Waals surface area contributed by atoms with Crippen molar-refractivity contribution in [1.29, 1.82) is 0 Å². The molecule has 0 aliphatic heterocycles. The van der Waals surface area contributed by atoms with E-state index in [0.29, 0.717) is 0 Å². The van der Waals surface area contributed by atoms with Gasteiger partial charge in [-0.05, 0) is 37.5 Å². The summed E-state index contributed by atoms with van der Waals surface area (Å²) in [5.74, 6) is -2.14. The number of halogens is 2. The van der Waals surface area contributed by atoms with Crippen LogP contribution in [0.15, 0.2) is 18.2 Å². The van der Waals surface area contributed by atoms with Gasteiger partial charge >= 0.3 is 5.97 Å². The van der Waals surface area contributed by atoms with Crippen LogP contribution < -0.4 is 0 Å². The average molecular weight is 340 g/mol. The zero-order valence-electron chi connectivity index (χ0n) is 15.0. The van der Waals surface area contributed by atoms with Crippen molar-refractivity contribution < 1.29 is 18.3 Å². The molecule has 0 amide bonds. The first kappa shape index (κ1) is 20.6. The van der Waals surface area contributed by atoms with Gasteiger partial charge in [0, 0.05) is 0 Å². The molecule has 0 bridgehead atoms. The normalized spacial score (nSPS) is 12.2. The first-order valence-electron chi connectivity index (χ1n) is 9.24. The van der Waals surface area contributed by atoms with Crippen molar-refractivity contribution in [1.82, 2.24) is 0 Å². The van der Waals surface area contributed by atoms with E-state index in [1.54, 1.807) is 0 Å². The van der Waals surface area contributed by atoms with Crippen LogP contribution in [-0.2, 0) is 4.74 Å². The molecule has 1 aromatic rings. The molecule has 0 aromatic heterocycles. The van der Waals surface area contributed by atoms with Gasteiger partial charge in [-0.15, -0.1) is 0 Å². The van der Waals surface area contributed by atoms with Gasteiger partial charge in [0.2, 0.25) is 0 Å². The first-order chi connectivity index (χ1) is 11.6. The SMILES string of the molecule is CCCCCCCCC(CCCC)OC(=O)c1cc(F)ccc1F. The highest BCUT2D eigenvalue weighted by molar-refractivity contribution is 5.89. The maximum atomic E-state index is 13.7. The van der Waals surface area contributed by atoms with Crippen molar-refractivity contribution in [3.05, 3.63) is 35.4 Å². The van der Waals surface area contributed by atoms with Gasteiger partial charge in [0.05, 0.1) is 5.56 Å². The number of ether oxygens (including phenoxy) is 1. The molecule has 1 aromatic carbocycles. The van der Waals surface area contributed by atoms with Crippen LogP contribution in [0.5, 0.6) is 0 Å². The molecule has 0 heterocycles. The summed E-state index contributed by atoms with van der Waals surface area (Å²) in [5.41, 5.74) is -0.320. The lowest BCUT2D eigenvalue weighted by atomic mass is 10.0. The molecule has 1 atom stereocenters. The summed E-state index contributed by atoms with van der Waals surface area (Å²) in [5, 5.41) is 0. The van der Waals surface area contributed by atoms with E-state index >= 15 is 0 Å². The zero-order valence-corrected chi connectivity index (χ0v) is 15.0. The van der Waals surface area contributed by atoms with Crippen LogP contribution in [0.4, 0.5) is 8.78 Å². The summed E-state index contributed by atoms with van der Waals surface area (Å²) in [6.45, 7) is 4.27. The second kappa shape index (κ2) is 12.0. The standard InChI is InChI=1S/C20H30F2O2/c1-3-5-7-8-9-10-12-17(11-6-4-2)24-20(23)18-15-16(21)13-14-19(18)22/h13-15,17H,3-12H2,1-2H3. The molecular weight excluding hydrogens is 310 g/mol. The lowest BCUT2D eigenvalue weighted by molar-refractivity contribution is 0.0244. The number of benzene rings is 1. The second-order valence-electron chi connectivity index (χ2n) is 6.35. The van der Waals surface area contributed by atoms with Crippen molar-refractivity contribution in [3.63, 3.8) is 0 Å². The van der Waals surface area contributed by atoms with E-state index in [2.05, 4.69) is 13.8 Å². The predicted molar refractivity (Wildman–Crippen MR) is 93.1 cm³/mol. The second-order valence-corrected chi connectivity index (χ2v) is 6.35. The fourth-order valence-corrected chi connectivity index (χ4v) is 2.72. The number of carbonyl (C=O) groups excluding carboxylic acids is 1. The summed E-state index contributed by atoms with van der Waals surface area (Å²) in [6.07, 6.45) is 10.3. The van der Waals surface area contributed by atoms with Crippen molar-refractivity contribution in [3.8, 4) is 0 Å². The van der Waals surface area contributed by atoms with Gasteiger partial charge in [-0.3, -0.25) is 0 Å². The van der Waals surface area contributed by atoms with Gasteiger partial charge in [0.15, 0.2) is 0 Å². The Morgan fingerprint density at radius 2 is 1.58 bits per heavy atom. The predicted octanol–water partition coefficient (Wildman–Crippen LogP) is 6.43. The lowest BCUT2D eigenvalue weighted by Crippen LogP contribution is -2.19. The van der Waals surface area contributed by atoms with E-state index < -0.39 is 17.6 Å². The van der Waals surface area contributed by atoms with Crippen LogP contribution in [-0.4, -0.2) is 12.1 Å². The minimum atomic E-state index is -0.765. The van der Waals surface area contributed by atoms with Crippen molar-refractivity contribution in [2.75, 3.05) is 0 Å². The molecule has 2 nitrogen and oxygen atoms in total. The molecule has 24 heavy (non-hydrogen) atoms. The molecule has 0 aliphatic rings. The molecule has 0 aliphatic carbocycles. The Morgan fingerprint density at radius 3 is 2.29 bits per heavy atom. The number of hydrogen-bond acceptors (Lipinski definition) is 2. The molecule has 0 N–H and O–H groups in total. The van der Waals surface area contributed by atoms with Crippen LogP contribution in [0.2, 0.25) is 0 Å². The third-order valence-corrected chi connectivity index (χ3v) is 4.18. The van der Waals surface area contributed by atoms with E-state index in [1.807, 2.05) is 0 Å². The van der Waals surface area contributed by atoms with E-state index in [0.717, 1.165) is 56.7 Å². The maximum absolute atomic E-state index is 13.7. The number of carbonyl (C=O) groups is 1. The van der Waals surface area contributed by atoms with E-state index in [4.69, 9.17) is 4.74 Å². The molecule has 136 valence electrons. The van der Waals surface area contributed by atoms with E-state index in [-0.39, 0.29) is 11.7 Å². The topological polar surface area (TPSA) is 26.3 Å². The summed E-state index contributed by atoms with van der Waals surface area (Å²) >= 11 is 0. The number of unbranched alkanes of at least 4 members (excludes halogenated alkanes) is 6. The molecule has 1 rings (SSSR count). The molecule has 4 heteroatoms. The van der Waals surface area contributed by atoms with Crippen LogP contribution in [0.25, 0.3) is 0 Å². The Hall–Kier alpha value is -1.45. The Bertz CT molecular complexity index is 489. The van der Waals surface area contributed by atoms with Crippen molar-refractivity contribution in [2.45, 2.75) is 84.2 Å². The minimum absolute atomic E-state index is 0.216. The Balaban J connectivity index is 2.51. The molecule has 1 unspecified atom stereocenters. The first-order valence-corrected chi connectivity index (χ1v) is 9.24. The van der Waals surface area contributed by atoms with Gasteiger partial charge < -0.3 is 4.74 Å². The third-order valence-electron chi connectivity index (χ3n) is 4.18. The lowest BCUT2D eigenvalue weighted by Gasteiger charge is -2.18. The Kier molecular flexibility index (Phi) is 10.3. The van der Waals surface area contributed by atoms with Crippen LogP contribution in [0.3, 0.4) is 0 Å². The van der Waals surface area contributed by atoms with E-state index in [9.17, 15) is 13.6 Å². The Labute approximate surface area is 144 Å². The van der Waals surface area contributed by atoms with Crippen molar-refractivity contribution >= 4 is 5.97 Å². The van der Waals surface area contributed by atoms with Gasteiger partial charge in [0.25, 0.3) is 0 Å². The highest BCUT2D eigenvalue weighted by Gasteiger charge is 2.19. The zero-order chi connectivity index (χ0) is 17.8. The van der Waals surface area contributed by atoms with E-state index in [1.165, 1.54) is 25.7 Å². The fraction of sp³-hybridized carbons (Fsp3) is 0.650. The summed E-state index contributed by atoms with van der Waals surface area (Å²) in [7, 11) is 0. The smallest absolute Gasteiger partial charge is 0.341 e. The van der Waals surface area contributed by atoms with Gasteiger partial charge in [-0.25, -0.2) is 13.6 Å². The minimum Gasteiger partial charge on any atom is -0.459 e. The van der Waals surface area contributed by atoms with Gasteiger partial charge in [-0.2, -0.15) is 0 Å². The fourth-order valence-electron chi connectivity index (χ4n) is 2.72. The van der Waals surface area contributed by atoms with Crippen LogP contribution in [0.1, 0.15) is 88.4 Å². The summed E-state index contributed by atoms with van der Waals surface area (Å²) in [4.78, 5) is 12.1. The highest BCUT2D eigenvalue weighted by atomic mass is 19.1. The monoisotopic (exact) mass is 340 g/mol. The average Bonchev–Trinajstić information content (AvgIpc) is 2.57. The molecule has 0 fully saturated rings. The Morgan fingerprint density at radius 1 is 0.958 bits per heavy atom.